The van der Waals surface area contributed by atoms with E-state index in [1.54, 1.807) is 4.90 Å². The van der Waals surface area contributed by atoms with Gasteiger partial charge in [-0.3, -0.25) is 19.2 Å². The fourth-order valence-corrected chi connectivity index (χ4v) is 4.77. The van der Waals surface area contributed by atoms with E-state index in [9.17, 15) is 19.2 Å². The molecule has 34 heavy (non-hydrogen) atoms. The predicted octanol–water partition coefficient (Wildman–Crippen LogP) is 1.78. The van der Waals surface area contributed by atoms with Crippen LogP contribution in [0.15, 0.2) is 30.3 Å². The lowest BCUT2D eigenvalue weighted by atomic mass is 9.98. The van der Waals surface area contributed by atoms with E-state index in [1.165, 1.54) is 0 Å². The van der Waals surface area contributed by atoms with Crippen molar-refractivity contribution in [1.29, 1.82) is 0 Å². The highest BCUT2D eigenvalue weighted by molar-refractivity contribution is 5.97. The fraction of sp³-hybridized carbons (Fsp3) is 0.615. The van der Waals surface area contributed by atoms with Gasteiger partial charge < -0.3 is 20.9 Å². The van der Waals surface area contributed by atoms with Gasteiger partial charge in [-0.05, 0) is 43.1 Å². The molecule has 2 aliphatic heterocycles. The molecule has 0 radical (unpaired) electrons. The lowest BCUT2D eigenvalue weighted by Crippen LogP contribution is -2.61. The molecule has 4 atom stereocenters. The van der Waals surface area contributed by atoms with Crippen molar-refractivity contribution >= 4 is 23.6 Å². The first-order chi connectivity index (χ1) is 16.2. The molecule has 1 aromatic carbocycles. The van der Waals surface area contributed by atoms with Gasteiger partial charge in [-0.2, -0.15) is 0 Å². The number of benzene rings is 1. The van der Waals surface area contributed by atoms with Gasteiger partial charge in [-0.25, -0.2) is 0 Å². The van der Waals surface area contributed by atoms with E-state index >= 15 is 0 Å². The van der Waals surface area contributed by atoms with Crippen LogP contribution in [-0.4, -0.2) is 59.2 Å². The third-order valence-corrected chi connectivity index (χ3v) is 6.42. The predicted molar refractivity (Wildman–Crippen MR) is 130 cm³/mol. The van der Waals surface area contributed by atoms with Gasteiger partial charge in [0.2, 0.25) is 23.6 Å². The van der Waals surface area contributed by atoms with Gasteiger partial charge in [-0.1, -0.05) is 58.0 Å². The molecule has 2 aliphatic rings. The van der Waals surface area contributed by atoms with Gasteiger partial charge in [0.25, 0.3) is 0 Å². The highest BCUT2D eigenvalue weighted by atomic mass is 16.2. The molecule has 2 saturated heterocycles. The van der Waals surface area contributed by atoms with Crippen LogP contribution in [0, 0.1) is 11.8 Å². The van der Waals surface area contributed by atoms with Crippen molar-refractivity contribution in [3.63, 3.8) is 0 Å². The molecule has 4 amide bonds. The molecule has 3 rings (SSSR count). The average Bonchev–Trinajstić information content (AvgIpc) is 3.26. The summed E-state index contributed by atoms with van der Waals surface area (Å²) >= 11 is 0. The summed E-state index contributed by atoms with van der Waals surface area (Å²) in [6.07, 6.45) is 2.44. The Morgan fingerprint density at radius 1 is 0.794 bits per heavy atom. The average molecular weight is 471 g/mol. The van der Waals surface area contributed by atoms with Crippen LogP contribution < -0.4 is 16.0 Å². The topological polar surface area (TPSA) is 108 Å². The molecule has 0 saturated carbocycles. The van der Waals surface area contributed by atoms with Crippen LogP contribution in [0.1, 0.15) is 58.9 Å². The summed E-state index contributed by atoms with van der Waals surface area (Å²) in [5, 5.41) is 8.67. The second-order valence-corrected chi connectivity index (χ2v) is 10.3. The Bertz CT molecular complexity index is 886. The number of hydrogen-bond donors (Lipinski definition) is 3. The van der Waals surface area contributed by atoms with Crippen LogP contribution in [0.3, 0.4) is 0 Å². The first-order valence-corrected chi connectivity index (χ1v) is 12.4. The van der Waals surface area contributed by atoms with Crippen LogP contribution in [0.2, 0.25) is 0 Å². The second-order valence-electron chi connectivity index (χ2n) is 10.3. The number of nitrogens with zero attached hydrogens (tertiary/aromatic N) is 1. The van der Waals surface area contributed by atoms with Gasteiger partial charge in [0.15, 0.2) is 0 Å². The molecule has 2 heterocycles. The van der Waals surface area contributed by atoms with E-state index in [-0.39, 0.29) is 41.9 Å². The van der Waals surface area contributed by atoms with Crippen molar-refractivity contribution in [3.05, 3.63) is 35.9 Å². The number of nitrogens with one attached hydrogen (secondary N) is 3. The molecule has 8 nitrogen and oxygen atoms in total. The molecule has 3 N–H and O–H groups in total. The molecule has 1 aromatic rings. The number of hydrogen-bond acceptors (Lipinski definition) is 4. The van der Waals surface area contributed by atoms with E-state index in [2.05, 4.69) is 16.0 Å². The lowest BCUT2D eigenvalue weighted by molar-refractivity contribution is -0.143. The summed E-state index contributed by atoms with van der Waals surface area (Å²) in [5.41, 5.74) is 0.894. The Hall–Kier alpha value is -2.90. The van der Waals surface area contributed by atoms with Gasteiger partial charge in [0, 0.05) is 13.0 Å². The maximum absolute atomic E-state index is 13.5. The summed E-state index contributed by atoms with van der Waals surface area (Å²) in [4.78, 5) is 55.0. The molecule has 0 spiro atoms. The SMILES string of the molecule is CC(C)C[C@@H]1NC(=O)[C@@H]2CCCN2C(=O)[C@H](CC(C)C)NC(=O)[C@H](Cc2ccccc2)NC1=O. The number of amides is 4. The maximum atomic E-state index is 13.5. The molecule has 0 unspecified atom stereocenters. The molecule has 8 heteroatoms. The first kappa shape index (κ1) is 25.7. The van der Waals surface area contributed by atoms with Crippen molar-refractivity contribution in [2.75, 3.05) is 6.54 Å². The van der Waals surface area contributed by atoms with E-state index in [0.717, 1.165) is 5.56 Å². The Kier molecular flexibility index (Phi) is 8.69. The third-order valence-electron chi connectivity index (χ3n) is 6.42. The van der Waals surface area contributed by atoms with Gasteiger partial charge >= 0.3 is 0 Å². The van der Waals surface area contributed by atoms with E-state index in [0.29, 0.717) is 32.2 Å². The minimum absolute atomic E-state index is 0.155. The van der Waals surface area contributed by atoms with E-state index in [4.69, 9.17) is 0 Å². The van der Waals surface area contributed by atoms with Crippen LogP contribution in [0.4, 0.5) is 0 Å². The molecule has 0 aromatic heterocycles. The van der Waals surface area contributed by atoms with Crippen LogP contribution in [0.25, 0.3) is 0 Å². The van der Waals surface area contributed by atoms with Crippen molar-refractivity contribution in [2.45, 2.75) is 84.0 Å². The number of carbonyl (C=O) groups excluding carboxylic acids is 4. The Morgan fingerprint density at radius 2 is 1.35 bits per heavy atom. The van der Waals surface area contributed by atoms with Crippen LogP contribution in [-0.2, 0) is 25.6 Å². The number of rotatable bonds is 6. The fourth-order valence-electron chi connectivity index (χ4n) is 4.77. The van der Waals surface area contributed by atoms with E-state index < -0.39 is 24.2 Å². The zero-order valence-corrected chi connectivity index (χ0v) is 20.7. The second kappa shape index (κ2) is 11.5. The molecule has 2 fully saturated rings. The standard InChI is InChI=1S/C26H38N4O4/c1-16(2)13-19-23(31)27-20(15-18-9-6-5-7-10-18)24(32)29-21(14-17(3)4)26(34)30-12-8-11-22(30)25(33)28-19/h5-7,9-10,16-17,19-22H,8,11-15H2,1-4H3,(H,27,31)(H,28,33)(H,29,32)/t19-,20-,21-,22-/m0/s1. The van der Waals surface area contributed by atoms with Crippen molar-refractivity contribution in [1.82, 2.24) is 20.9 Å². The summed E-state index contributed by atoms with van der Waals surface area (Å²) in [5.74, 6) is -0.985. The Labute approximate surface area is 202 Å². The molecular formula is C26H38N4O4. The third kappa shape index (κ3) is 6.58. The molecule has 0 bridgehead atoms. The minimum atomic E-state index is -0.863. The lowest BCUT2D eigenvalue weighted by Gasteiger charge is -2.33. The van der Waals surface area contributed by atoms with Gasteiger partial charge in [0.1, 0.15) is 24.2 Å². The maximum Gasteiger partial charge on any atom is 0.245 e. The summed E-state index contributed by atoms with van der Waals surface area (Å²) < 4.78 is 0. The summed E-state index contributed by atoms with van der Waals surface area (Å²) in [6.45, 7) is 8.40. The monoisotopic (exact) mass is 470 g/mol. The van der Waals surface area contributed by atoms with Crippen molar-refractivity contribution in [2.24, 2.45) is 11.8 Å². The normalized spacial score (nSPS) is 26.5. The summed E-state index contributed by atoms with van der Waals surface area (Å²) in [6, 6.07) is 6.43. The van der Waals surface area contributed by atoms with E-state index in [1.807, 2.05) is 58.0 Å². The quantitative estimate of drug-likeness (QED) is 0.589. The Balaban J connectivity index is 1.96. The number of fused-ring (bicyclic) bond motifs is 1. The Morgan fingerprint density at radius 3 is 2.00 bits per heavy atom. The molecule has 0 aliphatic carbocycles. The smallest absolute Gasteiger partial charge is 0.245 e. The molecular weight excluding hydrogens is 432 g/mol. The largest absolute Gasteiger partial charge is 0.343 e. The zero-order valence-electron chi connectivity index (χ0n) is 20.7. The number of carbonyl (C=O) groups is 4. The highest BCUT2D eigenvalue weighted by Crippen LogP contribution is 2.22. The van der Waals surface area contributed by atoms with Gasteiger partial charge in [0.05, 0.1) is 0 Å². The minimum Gasteiger partial charge on any atom is -0.343 e. The zero-order chi connectivity index (χ0) is 24.8. The van der Waals surface area contributed by atoms with Crippen molar-refractivity contribution in [3.8, 4) is 0 Å². The summed E-state index contributed by atoms with van der Waals surface area (Å²) in [7, 11) is 0. The van der Waals surface area contributed by atoms with Crippen LogP contribution in [0.5, 0.6) is 0 Å². The highest BCUT2D eigenvalue weighted by Gasteiger charge is 2.40. The van der Waals surface area contributed by atoms with Gasteiger partial charge in [-0.15, -0.1) is 0 Å². The van der Waals surface area contributed by atoms with Crippen LogP contribution >= 0.6 is 0 Å². The van der Waals surface area contributed by atoms with Crippen molar-refractivity contribution < 1.29 is 19.2 Å². The molecule has 186 valence electrons. The first-order valence-electron chi connectivity index (χ1n) is 12.4.